The monoisotopic (exact) mass is 402 g/mol. The number of fused-ring (bicyclic) bond motifs is 3. The smallest absolute Gasteiger partial charge is 0.231 e. The molecule has 1 aromatic heterocycles. The zero-order valence-corrected chi connectivity index (χ0v) is 16.8. The zero-order valence-electron chi connectivity index (χ0n) is 16.1. The molecule has 0 saturated carbocycles. The summed E-state index contributed by atoms with van der Waals surface area (Å²) in [6, 6.07) is 3.84. The van der Waals surface area contributed by atoms with E-state index >= 15 is 0 Å². The number of nitrogens with zero attached hydrogens (tertiary/aromatic N) is 4. The quantitative estimate of drug-likeness (QED) is 0.782. The number of aromatic nitrogens is 2. The minimum Gasteiger partial charge on any atom is -0.454 e. The summed E-state index contributed by atoms with van der Waals surface area (Å²) >= 11 is 6.49. The van der Waals surface area contributed by atoms with E-state index in [0.717, 1.165) is 54.6 Å². The van der Waals surface area contributed by atoms with Crippen LogP contribution in [0.25, 0.3) is 0 Å². The molecule has 0 aliphatic carbocycles. The zero-order chi connectivity index (χ0) is 19.3. The molecule has 1 spiro atoms. The second-order valence-corrected chi connectivity index (χ2v) is 8.38. The van der Waals surface area contributed by atoms with Crippen LogP contribution in [0.4, 0.5) is 5.95 Å². The topological polar surface area (TPSA) is 60.0 Å². The van der Waals surface area contributed by atoms with Crippen molar-refractivity contribution < 1.29 is 14.2 Å². The van der Waals surface area contributed by atoms with Gasteiger partial charge in [-0.3, -0.25) is 4.90 Å². The highest BCUT2D eigenvalue weighted by Crippen LogP contribution is 2.41. The number of benzene rings is 1. The standard InChI is InChI=1S/C20H23ClN4O3/c1-24(2)19-22-7-14-9-26-11-20(18(14)23-19)3-4-25(10-20)8-13-5-16-17(6-15(13)21)28-12-27-16/h5-7H,3-4,8-12H2,1-2H3. The number of hydrogen-bond donors (Lipinski definition) is 0. The van der Waals surface area contributed by atoms with Gasteiger partial charge in [0.2, 0.25) is 12.7 Å². The Morgan fingerprint density at radius 1 is 1.25 bits per heavy atom. The molecular weight excluding hydrogens is 380 g/mol. The first kappa shape index (κ1) is 18.0. The number of hydrogen-bond acceptors (Lipinski definition) is 7. The fourth-order valence-corrected chi connectivity index (χ4v) is 4.54. The molecule has 0 radical (unpaired) electrons. The van der Waals surface area contributed by atoms with Crippen LogP contribution in [0.1, 0.15) is 23.2 Å². The van der Waals surface area contributed by atoms with Crippen LogP contribution >= 0.6 is 11.6 Å². The molecular formula is C20H23ClN4O3. The van der Waals surface area contributed by atoms with Crippen LogP contribution in [-0.2, 0) is 23.3 Å². The Bertz CT molecular complexity index is 923. The summed E-state index contributed by atoms with van der Waals surface area (Å²) < 4.78 is 16.9. The van der Waals surface area contributed by atoms with Gasteiger partial charge in [-0.25, -0.2) is 9.97 Å². The SMILES string of the molecule is CN(C)c1ncc2c(n1)C1(CCN(Cc3cc4c(cc3Cl)OCO4)C1)COC2. The Kier molecular flexibility index (Phi) is 4.34. The first-order valence-electron chi connectivity index (χ1n) is 9.46. The van der Waals surface area contributed by atoms with Gasteiger partial charge in [0.1, 0.15) is 0 Å². The van der Waals surface area contributed by atoms with Crippen molar-refractivity contribution in [2.75, 3.05) is 45.5 Å². The number of ether oxygens (including phenoxy) is 3. The fraction of sp³-hybridized carbons (Fsp3) is 0.500. The lowest BCUT2D eigenvalue weighted by Crippen LogP contribution is -2.40. The van der Waals surface area contributed by atoms with E-state index in [4.69, 9.17) is 30.8 Å². The molecule has 2 aromatic rings. The molecule has 0 bridgehead atoms. The summed E-state index contributed by atoms with van der Waals surface area (Å²) in [5.74, 6) is 2.23. The lowest BCUT2D eigenvalue weighted by Gasteiger charge is -2.35. The molecule has 1 atom stereocenters. The van der Waals surface area contributed by atoms with E-state index in [1.54, 1.807) is 0 Å². The van der Waals surface area contributed by atoms with E-state index in [2.05, 4.69) is 9.88 Å². The van der Waals surface area contributed by atoms with Gasteiger partial charge in [-0.05, 0) is 24.6 Å². The summed E-state index contributed by atoms with van der Waals surface area (Å²) in [6.45, 7) is 4.14. The summed E-state index contributed by atoms with van der Waals surface area (Å²) in [7, 11) is 3.94. The highest BCUT2D eigenvalue weighted by Gasteiger charge is 2.45. The molecule has 3 aliphatic rings. The van der Waals surface area contributed by atoms with Gasteiger partial charge in [0, 0.05) is 50.0 Å². The maximum atomic E-state index is 6.49. The molecule has 5 rings (SSSR count). The Labute approximate surface area is 169 Å². The second kappa shape index (κ2) is 6.76. The second-order valence-electron chi connectivity index (χ2n) is 7.97. The predicted molar refractivity (Wildman–Crippen MR) is 105 cm³/mol. The normalized spacial score (nSPS) is 23.2. The molecule has 1 unspecified atom stereocenters. The van der Waals surface area contributed by atoms with Gasteiger partial charge in [-0.15, -0.1) is 0 Å². The maximum absolute atomic E-state index is 6.49. The number of halogens is 1. The average Bonchev–Trinajstić information content (AvgIpc) is 3.29. The minimum absolute atomic E-state index is 0.0932. The number of anilines is 1. The Morgan fingerprint density at radius 3 is 2.89 bits per heavy atom. The molecule has 28 heavy (non-hydrogen) atoms. The predicted octanol–water partition coefficient (Wildman–Crippen LogP) is 2.60. The van der Waals surface area contributed by atoms with E-state index < -0.39 is 0 Å². The highest BCUT2D eigenvalue weighted by molar-refractivity contribution is 6.31. The highest BCUT2D eigenvalue weighted by atomic mass is 35.5. The number of likely N-dealkylation sites (tertiary alicyclic amines) is 1. The molecule has 1 fully saturated rings. The molecule has 3 aliphatic heterocycles. The lowest BCUT2D eigenvalue weighted by atomic mass is 9.80. The van der Waals surface area contributed by atoms with Crippen LogP contribution in [0.3, 0.4) is 0 Å². The lowest BCUT2D eigenvalue weighted by molar-refractivity contribution is 0.0503. The largest absolute Gasteiger partial charge is 0.454 e. The van der Waals surface area contributed by atoms with Crippen molar-refractivity contribution in [3.63, 3.8) is 0 Å². The maximum Gasteiger partial charge on any atom is 0.231 e. The van der Waals surface area contributed by atoms with E-state index in [-0.39, 0.29) is 12.2 Å². The summed E-state index contributed by atoms with van der Waals surface area (Å²) in [5.41, 5.74) is 3.19. The van der Waals surface area contributed by atoms with Crippen molar-refractivity contribution >= 4 is 17.5 Å². The van der Waals surface area contributed by atoms with Crippen LogP contribution in [0.15, 0.2) is 18.3 Å². The molecule has 0 amide bonds. The van der Waals surface area contributed by atoms with Crippen molar-refractivity contribution in [3.05, 3.63) is 40.2 Å². The van der Waals surface area contributed by atoms with E-state index in [0.29, 0.717) is 24.0 Å². The van der Waals surface area contributed by atoms with Gasteiger partial charge in [0.25, 0.3) is 0 Å². The van der Waals surface area contributed by atoms with Gasteiger partial charge in [-0.2, -0.15) is 0 Å². The van der Waals surface area contributed by atoms with E-state index in [1.807, 2.05) is 37.3 Å². The summed E-state index contributed by atoms with van der Waals surface area (Å²) in [4.78, 5) is 13.7. The molecule has 1 aromatic carbocycles. The van der Waals surface area contributed by atoms with Crippen molar-refractivity contribution in [3.8, 4) is 11.5 Å². The van der Waals surface area contributed by atoms with Crippen molar-refractivity contribution in [1.29, 1.82) is 0 Å². The van der Waals surface area contributed by atoms with Gasteiger partial charge < -0.3 is 19.1 Å². The average molecular weight is 403 g/mol. The van der Waals surface area contributed by atoms with Crippen LogP contribution < -0.4 is 14.4 Å². The molecule has 4 heterocycles. The summed E-state index contributed by atoms with van der Waals surface area (Å²) in [6.07, 6.45) is 2.92. The minimum atomic E-state index is -0.0932. The van der Waals surface area contributed by atoms with Crippen LogP contribution in [0.2, 0.25) is 5.02 Å². The molecule has 8 heteroatoms. The van der Waals surface area contributed by atoms with Gasteiger partial charge >= 0.3 is 0 Å². The van der Waals surface area contributed by atoms with Crippen LogP contribution in [0, 0.1) is 0 Å². The van der Waals surface area contributed by atoms with Crippen molar-refractivity contribution in [1.82, 2.24) is 14.9 Å². The Balaban J connectivity index is 1.40. The third-order valence-corrected chi connectivity index (χ3v) is 6.11. The first-order valence-corrected chi connectivity index (χ1v) is 9.84. The van der Waals surface area contributed by atoms with Gasteiger partial charge in [0.15, 0.2) is 11.5 Å². The molecule has 7 nitrogen and oxygen atoms in total. The molecule has 148 valence electrons. The van der Waals surface area contributed by atoms with Crippen LogP contribution in [0.5, 0.6) is 11.5 Å². The molecule has 1 saturated heterocycles. The molecule has 0 N–H and O–H groups in total. The van der Waals surface area contributed by atoms with Crippen LogP contribution in [-0.4, -0.2) is 55.5 Å². The third-order valence-electron chi connectivity index (χ3n) is 5.76. The summed E-state index contributed by atoms with van der Waals surface area (Å²) in [5, 5.41) is 0.711. The first-order chi connectivity index (χ1) is 13.5. The third kappa shape index (κ3) is 2.98. The number of rotatable bonds is 3. The fourth-order valence-electron chi connectivity index (χ4n) is 4.33. The van der Waals surface area contributed by atoms with Crippen molar-refractivity contribution in [2.45, 2.75) is 25.0 Å². The van der Waals surface area contributed by atoms with Gasteiger partial charge in [0.05, 0.1) is 24.3 Å². The Hall–Kier alpha value is -2.09. The van der Waals surface area contributed by atoms with E-state index in [9.17, 15) is 0 Å². The Morgan fingerprint density at radius 2 is 2.07 bits per heavy atom. The van der Waals surface area contributed by atoms with E-state index in [1.165, 1.54) is 0 Å². The van der Waals surface area contributed by atoms with Gasteiger partial charge in [-0.1, -0.05) is 11.6 Å². The van der Waals surface area contributed by atoms with Crippen molar-refractivity contribution in [2.24, 2.45) is 0 Å².